The summed E-state index contributed by atoms with van der Waals surface area (Å²) in [5.74, 6) is 0. The van der Waals surface area contributed by atoms with E-state index in [1.165, 1.54) is 0 Å². The van der Waals surface area contributed by atoms with E-state index in [-0.39, 0.29) is 22.5 Å². The predicted molar refractivity (Wildman–Crippen MR) is 77.8 cm³/mol. The zero-order valence-corrected chi connectivity index (χ0v) is 13.6. The molecular formula is C13H24N4O2S. The lowest BCUT2D eigenvalue weighted by atomic mass is 10.2. The molecule has 2 rings (SSSR count). The van der Waals surface area contributed by atoms with Gasteiger partial charge in [-0.05, 0) is 18.8 Å². The van der Waals surface area contributed by atoms with E-state index in [1.54, 1.807) is 0 Å². The molecule has 0 aliphatic heterocycles. The average molecular weight is 300 g/mol. The van der Waals surface area contributed by atoms with Crippen molar-refractivity contribution in [2.24, 2.45) is 5.41 Å². The fourth-order valence-corrected chi connectivity index (χ4v) is 3.68. The summed E-state index contributed by atoms with van der Waals surface area (Å²) in [6.45, 7) is 10.5. The van der Waals surface area contributed by atoms with Gasteiger partial charge in [-0.2, -0.15) is 5.10 Å². The van der Waals surface area contributed by atoms with E-state index in [1.807, 2.05) is 20.8 Å². The summed E-state index contributed by atoms with van der Waals surface area (Å²) in [7, 11) is -3.56. The first kappa shape index (κ1) is 15.5. The molecule has 1 aliphatic carbocycles. The Balaban J connectivity index is 2.19. The number of aryl methyl sites for hydroxylation is 1. The maximum Gasteiger partial charge on any atom is 0.260 e. The maximum absolute atomic E-state index is 12.4. The highest BCUT2D eigenvalue weighted by Gasteiger charge is 2.48. The van der Waals surface area contributed by atoms with Gasteiger partial charge in [0.05, 0.1) is 0 Å². The molecule has 0 aromatic carbocycles. The van der Waals surface area contributed by atoms with Crippen LogP contribution < -0.4 is 10.0 Å². The van der Waals surface area contributed by atoms with Gasteiger partial charge in [-0.1, -0.05) is 27.7 Å². The monoisotopic (exact) mass is 300 g/mol. The van der Waals surface area contributed by atoms with Gasteiger partial charge in [0.2, 0.25) is 0 Å². The summed E-state index contributed by atoms with van der Waals surface area (Å²) >= 11 is 0. The number of aromatic nitrogens is 2. The molecule has 0 bridgehead atoms. The van der Waals surface area contributed by atoms with Crippen LogP contribution in [0.3, 0.4) is 0 Å². The number of nitrogens with one attached hydrogen (secondary N) is 3. The van der Waals surface area contributed by atoms with E-state index in [9.17, 15) is 8.42 Å². The molecule has 7 heteroatoms. The first-order valence-corrected chi connectivity index (χ1v) is 8.41. The van der Waals surface area contributed by atoms with Gasteiger partial charge in [0.1, 0.15) is 0 Å². The molecule has 6 nitrogen and oxygen atoms in total. The van der Waals surface area contributed by atoms with E-state index in [0.29, 0.717) is 12.1 Å². The van der Waals surface area contributed by atoms with Crippen molar-refractivity contribution in [3.05, 3.63) is 11.3 Å². The summed E-state index contributed by atoms with van der Waals surface area (Å²) in [4.78, 5) is 0. The number of hydrogen-bond acceptors (Lipinski definition) is 4. The second kappa shape index (κ2) is 5.13. The lowest BCUT2D eigenvalue weighted by Gasteiger charge is -2.11. The average Bonchev–Trinajstić information content (AvgIpc) is 2.70. The van der Waals surface area contributed by atoms with Crippen molar-refractivity contribution in [3.8, 4) is 0 Å². The predicted octanol–water partition coefficient (Wildman–Crippen LogP) is 1.29. The van der Waals surface area contributed by atoms with E-state index in [4.69, 9.17) is 0 Å². The molecule has 114 valence electrons. The van der Waals surface area contributed by atoms with Gasteiger partial charge in [-0.15, -0.1) is 0 Å². The van der Waals surface area contributed by atoms with Gasteiger partial charge < -0.3 is 5.32 Å². The minimum absolute atomic E-state index is 0.00964. The molecule has 1 aliphatic rings. The van der Waals surface area contributed by atoms with Crippen molar-refractivity contribution in [1.82, 2.24) is 20.2 Å². The fourth-order valence-electron chi connectivity index (χ4n) is 2.08. The van der Waals surface area contributed by atoms with E-state index in [2.05, 4.69) is 34.1 Å². The topological polar surface area (TPSA) is 86.9 Å². The van der Waals surface area contributed by atoms with E-state index >= 15 is 0 Å². The molecule has 1 atom stereocenters. The number of rotatable bonds is 6. The number of hydrogen-bond donors (Lipinski definition) is 3. The molecule has 1 saturated carbocycles. The Morgan fingerprint density at radius 2 is 2.05 bits per heavy atom. The van der Waals surface area contributed by atoms with Crippen LogP contribution in [-0.2, 0) is 16.6 Å². The molecule has 1 aromatic heterocycles. The molecule has 3 N–H and O–H groups in total. The highest BCUT2D eigenvalue weighted by atomic mass is 32.2. The molecule has 1 fully saturated rings. The highest BCUT2D eigenvalue weighted by Crippen LogP contribution is 2.45. The Kier molecular flexibility index (Phi) is 3.96. The molecule has 1 heterocycles. The Labute approximate surface area is 120 Å². The quantitative estimate of drug-likeness (QED) is 0.739. The van der Waals surface area contributed by atoms with Gasteiger partial charge in [0, 0.05) is 29.9 Å². The second-order valence-electron chi connectivity index (χ2n) is 6.53. The van der Waals surface area contributed by atoms with E-state index in [0.717, 1.165) is 12.1 Å². The molecule has 0 spiro atoms. The van der Waals surface area contributed by atoms with Crippen molar-refractivity contribution in [2.75, 3.05) is 0 Å². The van der Waals surface area contributed by atoms with Gasteiger partial charge in [0.15, 0.2) is 5.03 Å². The summed E-state index contributed by atoms with van der Waals surface area (Å²) in [6, 6.07) is 0.297. The van der Waals surface area contributed by atoms with Crippen molar-refractivity contribution in [2.45, 2.75) is 64.7 Å². The Hall–Kier alpha value is -0.920. The number of aromatic amines is 1. The summed E-state index contributed by atoms with van der Waals surface area (Å²) in [5.41, 5.74) is 1.55. The first-order chi connectivity index (χ1) is 9.13. The Morgan fingerprint density at radius 3 is 2.55 bits per heavy atom. The van der Waals surface area contributed by atoms with Crippen molar-refractivity contribution in [1.29, 1.82) is 0 Å². The van der Waals surface area contributed by atoms with Crippen molar-refractivity contribution < 1.29 is 8.42 Å². The molecule has 0 radical (unpaired) electrons. The van der Waals surface area contributed by atoms with Crippen LogP contribution in [0, 0.1) is 12.3 Å². The van der Waals surface area contributed by atoms with Crippen LogP contribution in [0.25, 0.3) is 0 Å². The van der Waals surface area contributed by atoms with Crippen LogP contribution >= 0.6 is 0 Å². The fraction of sp³-hybridized carbons (Fsp3) is 0.769. The van der Waals surface area contributed by atoms with Crippen molar-refractivity contribution in [3.63, 3.8) is 0 Å². The molecule has 0 amide bonds. The molecular weight excluding hydrogens is 276 g/mol. The summed E-state index contributed by atoms with van der Waals surface area (Å²) in [5, 5.41) is 10.1. The lowest BCUT2D eigenvalue weighted by molar-refractivity contribution is 0.546. The zero-order valence-electron chi connectivity index (χ0n) is 12.7. The molecule has 1 aromatic rings. The first-order valence-electron chi connectivity index (χ1n) is 6.93. The molecule has 1 unspecified atom stereocenters. The Bertz CT molecular complexity index is 590. The molecule has 20 heavy (non-hydrogen) atoms. The largest absolute Gasteiger partial charge is 0.310 e. The zero-order chi connectivity index (χ0) is 15.1. The van der Waals surface area contributed by atoms with Crippen LogP contribution in [0.4, 0.5) is 0 Å². The van der Waals surface area contributed by atoms with Gasteiger partial charge in [-0.25, -0.2) is 13.1 Å². The van der Waals surface area contributed by atoms with Crippen molar-refractivity contribution >= 4 is 10.0 Å². The Morgan fingerprint density at radius 1 is 1.45 bits per heavy atom. The number of sulfonamides is 1. The third-order valence-electron chi connectivity index (χ3n) is 3.79. The van der Waals surface area contributed by atoms with Crippen LogP contribution in [0.1, 0.15) is 45.4 Å². The van der Waals surface area contributed by atoms with Crippen LogP contribution in [0.2, 0.25) is 0 Å². The van der Waals surface area contributed by atoms with E-state index < -0.39 is 10.0 Å². The minimum Gasteiger partial charge on any atom is -0.310 e. The smallest absolute Gasteiger partial charge is 0.260 e. The third-order valence-corrected chi connectivity index (χ3v) is 5.23. The molecule has 0 saturated heterocycles. The van der Waals surface area contributed by atoms with Crippen LogP contribution in [0.5, 0.6) is 0 Å². The lowest BCUT2D eigenvalue weighted by Crippen LogP contribution is -2.30. The second-order valence-corrected chi connectivity index (χ2v) is 8.16. The summed E-state index contributed by atoms with van der Waals surface area (Å²) in [6.07, 6.45) is 0.870. The van der Waals surface area contributed by atoms with Gasteiger partial charge >= 0.3 is 0 Å². The van der Waals surface area contributed by atoms with Gasteiger partial charge in [-0.3, -0.25) is 5.10 Å². The SMILES string of the molecule is Cc1[nH]nc(S(=O)(=O)NC2CC2(C)C)c1CNC(C)C. The van der Waals surface area contributed by atoms with Crippen LogP contribution in [0.15, 0.2) is 5.03 Å². The van der Waals surface area contributed by atoms with Crippen LogP contribution in [-0.4, -0.2) is 30.7 Å². The minimum atomic E-state index is -3.56. The number of H-pyrrole nitrogens is 1. The maximum atomic E-state index is 12.4. The van der Waals surface area contributed by atoms with Gasteiger partial charge in [0.25, 0.3) is 10.0 Å². The standard InChI is InChI=1S/C13H24N4O2S/c1-8(2)14-7-10-9(3)15-16-12(10)20(18,19)17-11-6-13(11,4)5/h8,11,14,17H,6-7H2,1-5H3,(H,15,16). The third kappa shape index (κ3) is 3.21. The highest BCUT2D eigenvalue weighted by molar-refractivity contribution is 7.89. The number of nitrogens with zero attached hydrogens (tertiary/aromatic N) is 1. The normalized spacial score (nSPS) is 21.4. The summed E-state index contributed by atoms with van der Waals surface area (Å²) < 4.78 is 27.6.